The molecule has 1 aliphatic heterocycles. The van der Waals surface area contributed by atoms with Crippen LogP contribution in [0.3, 0.4) is 0 Å². The fourth-order valence-electron chi connectivity index (χ4n) is 2.30. The van der Waals surface area contributed by atoms with Crippen LogP contribution in [0, 0.1) is 10.1 Å². The molecule has 0 spiro atoms. The topological polar surface area (TPSA) is 72.6 Å². The van der Waals surface area contributed by atoms with Crippen LogP contribution in [0.25, 0.3) is 6.08 Å². The summed E-state index contributed by atoms with van der Waals surface area (Å²) in [5, 5.41) is 21.0. The normalized spacial score (nSPS) is 18.9. The Morgan fingerprint density at radius 2 is 1.90 bits per heavy atom. The third kappa shape index (κ3) is 2.64. The second-order valence-electron chi connectivity index (χ2n) is 4.80. The van der Waals surface area contributed by atoms with E-state index in [1.807, 2.05) is 24.3 Å². The number of nitro groups is 1. The van der Waals surface area contributed by atoms with E-state index in [9.17, 15) is 15.2 Å². The molecule has 5 heteroatoms. The van der Waals surface area contributed by atoms with Crippen LogP contribution in [0.15, 0.2) is 54.1 Å². The zero-order chi connectivity index (χ0) is 14.8. The van der Waals surface area contributed by atoms with Gasteiger partial charge in [0.2, 0.25) is 0 Å². The first kappa shape index (κ1) is 13.3. The number of nitrogens with zero attached hydrogens (tertiary/aromatic N) is 1. The molecule has 1 atom stereocenters. The largest absolute Gasteiger partial charge is 0.489 e. The maximum absolute atomic E-state index is 10.6. The van der Waals surface area contributed by atoms with Crippen LogP contribution in [-0.4, -0.2) is 16.6 Å². The van der Waals surface area contributed by atoms with Crippen molar-refractivity contribution in [1.82, 2.24) is 0 Å². The Morgan fingerprint density at radius 1 is 1.19 bits per heavy atom. The van der Waals surface area contributed by atoms with E-state index in [4.69, 9.17) is 4.74 Å². The molecule has 106 valence electrons. The molecule has 2 aromatic rings. The maximum atomic E-state index is 10.6. The predicted molar refractivity (Wildman–Crippen MR) is 78.0 cm³/mol. The maximum Gasteiger partial charge on any atom is 0.269 e. The molecule has 0 saturated carbocycles. The number of rotatable bonds is 2. The van der Waals surface area contributed by atoms with Crippen molar-refractivity contribution >= 4 is 11.8 Å². The molecule has 0 aromatic heterocycles. The number of benzene rings is 2. The van der Waals surface area contributed by atoms with E-state index in [-0.39, 0.29) is 5.69 Å². The molecule has 0 fully saturated rings. The molecular formula is C16H13NO4. The van der Waals surface area contributed by atoms with Crippen LogP contribution in [0.4, 0.5) is 5.69 Å². The Labute approximate surface area is 121 Å². The molecule has 0 saturated heterocycles. The Hall–Kier alpha value is -2.66. The summed E-state index contributed by atoms with van der Waals surface area (Å²) in [5.41, 5.74) is 2.29. The molecule has 5 nitrogen and oxygen atoms in total. The van der Waals surface area contributed by atoms with Crippen molar-refractivity contribution in [2.45, 2.75) is 6.10 Å². The smallest absolute Gasteiger partial charge is 0.269 e. The molecule has 0 amide bonds. The summed E-state index contributed by atoms with van der Waals surface area (Å²) in [4.78, 5) is 10.2. The summed E-state index contributed by atoms with van der Waals surface area (Å²) in [7, 11) is 0. The van der Waals surface area contributed by atoms with Crippen molar-refractivity contribution in [2.75, 3.05) is 6.61 Å². The summed E-state index contributed by atoms with van der Waals surface area (Å²) < 4.78 is 5.60. The number of nitro benzene ring substituents is 1. The Bertz CT molecular complexity index is 706. The van der Waals surface area contributed by atoms with Crippen molar-refractivity contribution in [2.24, 2.45) is 0 Å². The molecule has 21 heavy (non-hydrogen) atoms. The highest BCUT2D eigenvalue weighted by atomic mass is 16.6. The first-order chi connectivity index (χ1) is 10.1. The second kappa shape index (κ2) is 5.38. The van der Waals surface area contributed by atoms with Gasteiger partial charge < -0.3 is 9.84 Å². The summed E-state index contributed by atoms with van der Waals surface area (Å²) >= 11 is 0. The SMILES string of the molecule is O=[N+]([O-])c1ccc(/C=C2\COc3ccccc3C2O)cc1. The molecule has 1 aliphatic rings. The highest BCUT2D eigenvalue weighted by Gasteiger charge is 2.23. The number of ether oxygens (including phenoxy) is 1. The van der Waals surface area contributed by atoms with Gasteiger partial charge >= 0.3 is 0 Å². The quantitative estimate of drug-likeness (QED) is 0.679. The number of aliphatic hydroxyl groups is 1. The van der Waals surface area contributed by atoms with Gasteiger partial charge in [-0.1, -0.05) is 18.2 Å². The zero-order valence-electron chi connectivity index (χ0n) is 11.1. The molecule has 2 aromatic carbocycles. The van der Waals surface area contributed by atoms with Crippen LogP contribution in [0.1, 0.15) is 17.2 Å². The molecule has 1 N–H and O–H groups in total. The highest BCUT2D eigenvalue weighted by Crippen LogP contribution is 2.35. The minimum Gasteiger partial charge on any atom is -0.489 e. The number of non-ortho nitro benzene ring substituents is 1. The van der Waals surface area contributed by atoms with Gasteiger partial charge in [-0.3, -0.25) is 10.1 Å². The van der Waals surface area contributed by atoms with Crippen LogP contribution in [0.2, 0.25) is 0 Å². The first-order valence-corrected chi connectivity index (χ1v) is 6.50. The Morgan fingerprint density at radius 3 is 2.62 bits per heavy atom. The van der Waals surface area contributed by atoms with Gasteiger partial charge in [0.15, 0.2) is 0 Å². The number of para-hydroxylation sites is 1. The molecule has 1 unspecified atom stereocenters. The van der Waals surface area contributed by atoms with Crippen LogP contribution in [-0.2, 0) is 0 Å². The Kier molecular flexibility index (Phi) is 3.41. The average Bonchev–Trinajstić information content (AvgIpc) is 2.51. The summed E-state index contributed by atoms with van der Waals surface area (Å²) in [5.74, 6) is 0.686. The van der Waals surface area contributed by atoms with E-state index in [0.717, 1.165) is 16.7 Å². The number of hydrogen-bond acceptors (Lipinski definition) is 4. The summed E-state index contributed by atoms with van der Waals surface area (Å²) in [6, 6.07) is 13.5. The van der Waals surface area contributed by atoms with E-state index in [1.165, 1.54) is 12.1 Å². The lowest BCUT2D eigenvalue weighted by Crippen LogP contribution is -2.17. The van der Waals surface area contributed by atoms with Gasteiger partial charge in [-0.2, -0.15) is 0 Å². The molecule has 3 rings (SSSR count). The van der Waals surface area contributed by atoms with Gasteiger partial charge in [0.1, 0.15) is 18.5 Å². The lowest BCUT2D eigenvalue weighted by molar-refractivity contribution is -0.384. The lowest BCUT2D eigenvalue weighted by atomic mass is 9.97. The van der Waals surface area contributed by atoms with Crippen molar-refractivity contribution < 1.29 is 14.8 Å². The van der Waals surface area contributed by atoms with Crippen molar-refractivity contribution in [3.05, 3.63) is 75.3 Å². The van der Waals surface area contributed by atoms with Crippen LogP contribution < -0.4 is 4.74 Å². The lowest BCUT2D eigenvalue weighted by Gasteiger charge is -2.25. The average molecular weight is 283 g/mol. The first-order valence-electron chi connectivity index (χ1n) is 6.50. The van der Waals surface area contributed by atoms with Gasteiger partial charge in [0.05, 0.1) is 4.92 Å². The van der Waals surface area contributed by atoms with Crippen molar-refractivity contribution in [3.8, 4) is 5.75 Å². The van der Waals surface area contributed by atoms with Gasteiger partial charge in [-0.05, 0) is 29.8 Å². The molecule has 0 bridgehead atoms. The van der Waals surface area contributed by atoms with E-state index < -0.39 is 11.0 Å². The fourth-order valence-corrected chi connectivity index (χ4v) is 2.30. The standard InChI is InChI=1S/C16H13NO4/c18-16-12(10-21-15-4-2-1-3-14(15)16)9-11-5-7-13(8-6-11)17(19)20/h1-9,16,18H,10H2/b12-9+. The summed E-state index contributed by atoms with van der Waals surface area (Å²) in [6.07, 6.45) is 1.08. The molecule has 0 aliphatic carbocycles. The van der Waals surface area contributed by atoms with Crippen LogP contribution in [0.5, 0.6) is 5.75 Å². The fraction of sp³-hybridized carbons (Fsp3) is 0.125. The number of hydrogen-bond donors (Lipinski definition) is 1. The van der Waals surface area contributed by atoms with E-state index in [2.05, 4.69) is 0 Å². The van der Waals surface area contributed by atoms with Gasteiger partial charge in [-0.15, -0.1) is 0 Å². The van der Waals surface area contributed by atoms with Gasteiger partial charge in [0.25, 0.3) is 5.69 Å². The number of fused-ring (bicyclic) bond motifs is 1. The molecule has 1 heterocycles. The Balaban J connectivity index is 1.89. The van der Waals surface area contributed by atoms with Gasteiger partial charge in [0, 0.05) is 23.3 Å². The van der Waals surface area contributed by atoms with E-state index in [0.29, 0.717) is 12.4 Å². The van der Waals surface area contributed by atoms with Crippen LogP contribution >= 0.6 is 0 Å². The minimum atomic E-state index is -0.717. The summed E-state index contributed by atoms with van der Waals surface area (Å²) in [6.45, 7) is 0.301. The van der Waals surface area contributed by atoms with Crippen molar-refractivity contribution in [1.29, 1.82) is 0 Å². The number of aliphatic hydroxyl groups excluding tert-OH is 1. The molecular weight excluding hydrogens is 270 g/mol. The zero-order valence-corrected chi connectivity index (χ0v) is 11.1. The highest BCUT2D eigenvalue weighted by molar-refractivity contribution is 5.58. The second-order valence-corrected chi connectivity index (χ2v) is 4.80. The third-order valence-corrected chi connectivity index (χ3v) is 3.42. The van der Waals surface area contributed by atoms with Crippen molar-refractivity contribution in [3.63, 3.8) is 0 Å². The van der Waals surface area contributed by atoms with E-state index in [1.54, 1.807) is 18.2 Å². The predicted octanol–water partition coefficient (Wildman–Crippen LogP) is 3.10. The third-order valence-electron chi connectivity index (χ3n) is 3.42. The minimum absolute atomic E-state index is 0.0444. The monoisotopic (exact) mass is 283 g/mol. The van der Waals surface area contributed by atoms with E-state index >= 15 is 0 Å². The van der Waals surface area contributed by atoms with Gasteiger partial charge in [-0.25, -0.2) is 0 Å². The molecule has 0 radical (unpaired) electrons.